The second-order valence-corrected chi connectivity index (χ2v) is 7.41. The van der Waals surface area contributed by atoms with Gasteiger partial charge in [-0.2, -0.15) is 11.8 Å². The van der Waals surface area contributed by atoms with Crippen molar-refractivity contribution in [3.8, 4) is 0 Å². The Morgan fingerprint density at radius 1 is 1.40 bits per heavy atom. The molecular weight excluding hydrogens is 290 g/mol. The lowest BCUT2D eigenvalue weighted by molar-refractivity contribution is 0.120. The van der Waals surface area contributed by atoms with Crippen LogP contribution in [0.25, 0.3) is 10.2 Å². The quantitative estimate of drug-likeness (QED) is 0.944. The van der Waals surface area contributed by atoms with Crippen molar-refractivity contribution in [3.63, 3.8) is 0 Å². The van der Waals surface area contributed by atoms with Crippen molar-refractivity contribution in [2.45, 2.75) is 31.1 Å². The van der Waals surface area contributed by atoms with E-state index in [1.165, 1.54) is 28.0 Å². The van der Waals surface area contributed by atoms with Gasteiger partial charge in [-0.3, -0.25) is 0 Å². The number of thioether (sulfide) groups is 1. The van der Waals surface area contributed by atoms with E-state index in [0.717, 1.165) is 42.4 Å². The second kappa shape index (κ2) is 5.50. The molecule has 0 amide bonds. The Morgan fingerprint density at radius 3 is 3.30 bits per heavy atom. The van der Waals surface area contributed by atoms with Crippen LogP contribution in [-0.4, -0.2) is 35.0 Å². The molecule has 6 heteroatoms. The van der Waals surface area contributed by atoms with Crippen molar-refractivity contribution < 1.29 is 4.74 Å². The van der Waals surface area contributed by atoms with Gasteiger partial charge in [0.1, 0.15) is 17.0 Å². The summed E-state index contributed by atoms with van der Waals surface area (Å²) in [5, 5.41) is 4.74. The molecule has 4 heterocycles. The third kappa shape index (κ3) is 2.29. The summed E-state index contributed by atoms with van der Waals surface area (Å²) in [6.07, 6.45) is 5.48. The number of hydrogen-bond acceptors (Lipinski definition) is 6. The third-order valence-electron chi connectivity index (χ3n) is 3.92. The molecule has 106 valence electrons. The number of thiophene rings is 1. The summed E-state index contributed by atoms with van der Waals surface area (Å²) in [4.78, 5) is 11.5. The number of ether oxygens (including phenoxy) is 1. The predicted octanol–water partition coefficient (Wildman–Crippen LogP) is 3.07. The Balaban J connectivity index is 1.65. The number of aryl methyl sites for hydroxylation is 1. The third-order valence-corrected chi connectivity index (χ3v) is 6.23. The molecule has 20 heavy (non-hydrogen) atoms. The largest absolute Gasteiger partial charge is 0.376 e. The average molecular weight is 307 g/mol. The minimum absolute atomic E-state index is 0.338. The van der Waals surface area contributed by atoms with Gasteiger partial charge in [-0.25, -0.2) is 9.97 Å². The monoisotopic (exact) mass is 307 g/mol. The SMILES string of the molecule is c1nc(NCC2CCCO2)c2c3c(sc2n1)CSCC3. The summed E-state index contributed by atoms with van der Waals surface area (Å²) in [5.41, 5.74) is 1.47. The summed E-state index contributed by atoms with van der Waals surface area (Å²) in [7, 11) is 0. The second-order valence-electron chi connectivity index (χ2n) is 5.22. The Morgan fingerprint density at radius 2 is 2.40 bits per heavy atom. The highest BCUT2D eigenvalue weighted by Crippen LogP contribution is 2.39. The van der Waals surface area contributed by atoms with Gasteiger partial charge >= 0.3 is 0 Å². The average Bonchev–Trinajstić information content (AvgIpc) is 3.12. The standard InChI is InChI=1S/C14H17N3OS2/c1-2-9(18-4-1)6-15-13-12-10-3-5-19-7-11(10)20-14(12)17-8-16-13/h8-9H,1-7H2,(H,15,16,17). The Kier molecular flexibility index (Phi) is 3.54. The van der Waals surface area contributed by atoms with Crippen LogP contribution in [0.2, 0.25) is 0 Å². The van der Waals surface area contributed by atoms with Gasteiger partial charge in [0.2, 0.25) is 0 Å². The highest BCUT2D eigenvalue weighted by molar-refractivity contribution is 7.98. The van der Waals surface area contributed by atoms with Crippen LogP contribution in [0.1, 0.15) is 23.3 Å². The van der Waals surface area contributed by atoms with Crippen molar-refractivity contribution in [2.24, 2.45) is 0 Å². The maximum Gasteiger partial charge on any atom is 0.138 e. The lowest BCUT2D eigenvalue weighted by atomic mass is 10.1. The summed E-state index contributed by atoms with van der Waals surface area (Å²) < 4.78 is 5.67. The Bertz CT molecular complexity index is 622. The van der Waals surface area contributed by atoms with Crippen LogP contribution < -0.4 is 5.32 Å². The van der Waals surface area contributed by atoms with Crippen LogP contribution in [0.3, 0.4) is 0 Å². The van der Waals surface area contributed by atoms with Gasteiger partial charge in [0.05, 0.1) is 11.5 Å². The van der Waals surface area contributed by atoms with Crippen LogP contribution in [0.15, 0.2) is 6.33 Å². The van der Waals surface area contributed by atoms with Crippen molar-refractivity contribution in [1.82, 2.24) is 9.97 Å². The Hall–Kier alpha value is -0.850. The molecule has 1 saturated heterocycles. The first-order valence-electron chi connectivity index (χ1n) is 7.10. The number of nitrogens with zero attached hydrogens (tertiary/aromatic N) is 2. The zero-order valence-electron chi connectivity index (χ0n) is 11.2. The van der Waals surface area contributed by atoms with Crippen molar-refractivity contribution >= 4 is 39.1 Å². The van der Waals surface area contributed by atoms with Crippen molar-refractivity contribution in [1.29, 1.82) is 0 Å². The summed E-state index contributed by atoms with van der Waals surface area (Å²) >= 11 is 3.84. The first-order chi connectivity index (χ1) is 9.92. The fraction of sp³-hybridized carbons (Fsp3) is 0.571. The van der Waals surface area contributed by atoms with Crippen LogP contribution in [0.4, 0.5) is 5.82 Å². The van der Waals surface area contributed by atoms with Crippen LogP contribution in [0, 0.1) is 0 Å². The molecule has 1 fully saturated rings. The molecule has 0 radical (unpaired) electrons. The topological polar surface area (TPSA) is 47.0 Å². The van der Waals surface area contributed by atoms with E-state index < -0.39 is 0 Å². The van der Waals surface area contributed by atoms with E-state index in [1.807, 2.05) is 23.1 Å². The van der Waals surface area contributed by atoms with Crippen LogP contribution >= 0.6 is 23.1 Å². The molecule has 2 aliphatic rings. The molecule has 2 aromatic rings. The number of aromatic nitrogens is 2. The zero-order valence-corrected chi connectivity index (χ0v) is 12.9. The highest BCUT2D eigenvalue weighted by Gasteiger charge is 2.21. The molecule has 1 unspecified atom stereocenters. The van der Waals surface area contributed by atoms with Crippen molar-refractivity contribution in [2.75, 3.05) is 24.2 Å². The molecule has 0 bridgehead atoms. The van der Waals surface area contributed by atoms with E-state index in [4.69, 9.17) is 4.74 Å². The van der Waals surface area contributed by atoms with Gasteiger partial charge in [0.15, 0.2) is 0 Å². The molecule has 2 aromatic heterocycles. The lowest BCUT2D eigenvalue weighted by Crippen LogP contribution is -2.19. The maximum absolute atomic E-state index is 5.67. The summed E-state index contributed by atoms with van der Waals surface area (Å²) in [5.74, 6) is 3.33. The first-order valence-corrected chi connectivity index (χ1v) is 9.07. The van der Waals surface area contributed by atoms with Gasteiger partial charge in [-0.1, -0.05) is 0 Å². The van der Waals surface area contributed by atoms with E-state index in [9.17, 15) is 0 Å². The molecule has 2 aliphatic heterocycles. The van der Waals surface area contributed by atoms with Crippen LogP contribution in [-0.2, 0) is 16.9 Å². The van der Waals surface area contributed by atoms with Gasteiger partial charge in [0.25, 0.3) is 0 Å². The first kappa shape index (κ1) is 12.9. The molecule has 0 saturated carbocycles. The van der Waals surface area contributed by atoms with Crippen molar-refractivity contribution in [3.05, 3.63) is 16.8 Å². The normalized spacial score (nSPS) is 22.1. The molecule has 0 aliphatic carbocycles. The Labute approximate surface area is 126 Å². The minimum Gasteiger partial charge on any atom is -0.376 e. The number of rotatable bonds is 3. The number of anilines is 1. The van der Waals surface area contributed by atoms with Gasteiger partial charge in [-0.15, -0.1) is 11.3 Å². The molecule has 4 nitrogen and oxygen atoms in total. The summed E-state index contributed by atoms with van der Waals surface area (Å²) in [6.45, 7) is 1.75. The van der Waals surface area contributed by atoms with Gasteiger partial charge in [-0.05, 0) is 30.6 Å². The lowest BCUT2D eigenvalue weighted by Gasteiger charge is -2.14. The van der Waals surface area contributed by atoms with E-state index in [1.54, 1.807) is 6.33 Å². The molecule has 0 spiro atoms. The molecular formula is C14H17N3OS2. The highest BCUT2D eigenvalue weighted by atomic mass is 32.2. The number of fused-ring (bicyclic) bond motifs is 3. The van der Waals surface area contributed by atoms with E-state index in [0.29, 0.717) is 6.10 Å². The minimum atomic E-state index is 0.338. The van der Waals surface area contributed by atoms with E-state index >= 15 is 0 Å². The maximum atomic E-state index is 5.67. The number of hydrogen-bond donors (Lipinski definition) is 1. The zero-order chi connectivity index (χ0) is 13.4. The molecule has 1 N–H and O–H groups in total. The fourth-order valence-corrected chi connectivity index (χ4v) is 5.23. The van der Waals surface area contributed by atoms with Crippen LogP contribution in [0.5, 0.6) is 0 Å². The molecule has 0 aromatic carbocycles. The molecule has 1 atom stereocenters. The molecule has 4 rings (SSSR count). The number of nitrogens with one attached hydrogen (secondary N) is 1. The predicted molar refractivity (Wildman–Crippen MR) is 84.7 cm³/mol. The van der Waals surface area contributed by atoms with Gasteiger partial charge < -0.3 is 10.1 Å². The van der Waals surface area contributed by atoms with E-state index in [2.05, 4.69) is 15.3 Å². The fourth-order valence-electron chi connectivity index (χ4n) is 2.91. The summed E-state index contributed by atoms with van der Waals surface area (Å²) in [6, 6.07) is 0. The van der Waals surface area contributed by atoms with E-state index in [-0.39, 0.29) is 0 Å². The smallest absolute Gasteiger partial charge is 0.138 e. The van der Waals surface area contributed by atoms with Gasteiger partial charge in [0, 0.05) is 23.8 Å².